The molecular formula is C18H18N2O. The maximum absolute atomic E-state index is 12.6. The predicted molar refractivity (Wildman–Crippen MR) is 83.7 cm³/mol. The van der Waals surface area contributed by atoms with Gasteiger partial charge in [0.1, 0.15) is 5.41 Å². The third-order valence-corrected chi connectivity index (χ3v) is 4.39. The fraction of sp³-hybridized carbons (Fsp3) is 0.333. The second-order valence-corrected chi connectivity index (χ2v) is 5.74. The number of hydrogen-bond donors (Lipinski definition) is 1. The molecule has 0 radical (unpaired) electrons. The van der Waals surface area contributed by atoms with E-state index in [4.69, 9.17) is 0 Å². The lowest BCUT2D eigenvalue weighted by molar-refractivity contribution is -0.124. The van der Waals surface area contributed by atoms with Crippen molar-refractivity contribution in [3.63, 3.8) is 0 Å². The molecular weight excluding hydrogens is 260 g/mol. The number of amides is 1. The molecule has 1 amide bonds. The number of rotatable bonds is 2. The van der Waals surface area contributed by atoms with Crippen LogP contribution in [0, 0.1) is 16.7 Å². The fourth-order valence-corrected chi connectivity index (χ4v) is 3.12. The summed E-state index contributed by atoms with van der Waals surface area (Å²) in [7, 11) is 0. The van der Waals surface area contributed by atoms with Gasteiger partial charge < -0.3 is 5.32 Å². The quantitative estimate of drug-likeness (QED) is 0.892. The van der Waals surface area contributed by atoms with Gasteiger partial charge in [0.15, 0.2) is 0 Å². The van der Waals surface area contributed by atoms with Crippen LogP contribution in [0.15, 0.2) is 42.5 Å². The predicted octanol–water partition coefficient (Wildman–Crippen LogP) is 4.25. The maximum atomic E-state index is 12.6. The third-order valence-electron chi connectivity index (χ3n) is 4.39. The first-order chi connectivity index (χ1) is 10.2. The van der Waals surface area contributed by atoms with E-state index in [2.05, 4.69) is 11.4 Å². The minimum Gasteiger partial charge on any atom is -0.324 e. The molecule has 0 aliphatic heterocycles. The van der Waals surface area contributed by atoms with E-state index in [9.17, 15) is 10.1 Å². The molecule has 1 fully saturated rings. The lowest BCUT2D eigenvalue weighted by Gasteiger charge is -2.29. The first kappa shape index (κ1) is 13.6. The highest BCUT2D eigenvalue weighted by atomic mass is 16.2. The van der Waals surface area contributed by atoms with Crippen molar-refractivity contribution in [2.75, 3.05) is 5.32 Å². The molecule has 2 aromatic rings. The van der Waals surface area contributed by atoms with Gasteiger partial charge in [0.25, 0.3) is 0 Å². The summed E-state index contributed by atoms with van der Waals surface area (Å²) in [5.41, 5.74) is -0.0619. The molecule has 0 heterocycles. The van der Waals surface area contributed by atoms with Crippen molar-refractivity contribution in [1.29, 1.82) is 5.26 Å². The molecule has 3 rings (SSSR count). The number of nitrogens with zero attached hydrogens (tertiary/aromatic N) is 1. The van der Waals surface area contributed by atoms with Gasteiger partial charge in [-0.3, -0.25) is 4.79 Å². The summed E-state index contributed by atoms with van der Waals surface area (Å²) in [5, 5.41) is 14.6. The number of benzene rings is 2. The number of anilines is 1. The molecule has 21 heavy (non-hydrogen) atoms. The number of nitrogens with one attached hydrogen (secondary N) is 1. The van der Waals surface area contributed by atoms with E-state index in [-0.39, 0.29) is 5.91 Å². The molecule has 0 saturated heterocycles. The number of hydrogen-bond acceptors (Lipinski definition) is 2. The monoisotopic (exact) mass is 278 g/mol. The Bertz CT molecular complexity index is 703. The van der Waals surface area contributed by atoms with Gasteiger partial charge in [-0.05, 0) is 24.3 Å². The molecule has 1 aliphatic rings. The summed E-state index contributed by atoms with van der Waals surface area (Å²) in [6.07, 6.45) is 4.36. The van der Waals surface area contributed by atoms with Crippen molar-refractivity contribution >= 4 is 22.4 Å². The maximum Gasteiger partial charge on any atom is 0.244 e. The van der Waals surface area contributed by atoms with Gasteiger partial charge in [-0.25, -0.2) is 0 Å². The Hall–Kier alpha value is -2.34. The lowest BCUT2D eigenvalue weighted by atomic mass is 9.74. The molecule has 0 unspecified atom stereocenters. The summed E-state index contributed by atoms with van der Waals surface area (Å²) in [5.74, 6) is -0.152. The zero-order valence-electron chi connectivity index (χ0n) is 11.9. The summed E-state index contributed by atoms with van der Waals surface area (Å²) >= 11 is 0. The number of carbonyl (C=O) groups is 1. The highest BCUT2D eigenvalue weighted by molar-refractivity contribution is 6.04. The van der Waals surface area contributed by atoms with Crippen molar-refractivity contribution in [2.24, 2.45) is 5.41 Å². The molecule has 1 aliphatic carbocycles. The minimum atomic E-state index is -0.852. The zero-order chi connectivity index (χ0) is 14.7. The molecule has 1 N–H and O–H groups in total. The normalized spacial score (nSPS) is 17.1. The van der Waals surface area contributed by atoms with Gasteiger partial charge in [0.2, 0.25) is 5.91 Å². The summed E-state index contributed by atoms with van der Waals surface area (Å²) in [6.45, 7) is 0. The van der Waals surface area contributed by atoms with Gasteiger partial charge in [0.05, 0.1) is 6.07 Å². The topological polar surface area (TPSA) is 52.9 Å². The van der Waals surface area contributed by atoms with Crippen molar-refractivity contribution in [1.82, 2.24) is 0 Å². The molecule has 0 bridgehead atoms. The molecule has 2 aromatic carbocycles. The van der Waals surface area contributed by atoms with Crippen LogP contribution in [0.1, 0.15) is 32.1 Å². The van der Waals surface area contributed by atoms with Crippen LogP contribution in [0.25, 0.3) is 10.8 Å². The number of nitriles is 1. The van der Waals surface area contributed by atoms with Crippen LogP contribution in [0.3, 0.4) is 0 Å². The Morgan fingerprint density at radius 1 is 1.05 bits per heavy atom. The van der Waals surface area contributed by atoms with Crippen LogP contribution < -0.4 is 5.32 Å². The Labute approximate surface area is 124 Å². The second-order valence-electron chi connectivity index (χ2n) is 5.74. The minimum absolute atomic E-state index is 0.152. The molecule has 1 saturated carbocycles. The third kappa shape index (κ3) is 2.50. The zero-order valence-corrected chi connectivity index (χ0v) is 11.9. The van der Waals surface area contributed by atoms with Gasteiger partial charge in [0, 0.05) is 11.1 Å². The SMILES string of the molecule is N#CC1(C(=O)Nc2cccc3ccccc23)CCCCC1. The Morgan fingerprint density at radius 2 is 1.76 bits per heavy atom. The van der Waals surface area contributed by atoms with Crippen LogP contribution in [0.2, 0.25) is 0 Å². The van der Waals surface area contributed by atoms with Crippen molar-refractivity contribution in [3.8, 4) is 6.07 Å². The average Bonchev–Trinajstić information content (AvgIpc) is 2.56. The Morgan fingerprint density at radius 3 is 2.52 bits per heavy atom. The Balaban J connectivity index is 1.91. The van der Waals surface area contributed by atoms with E-state index < -0.39 is 5.41 Å². The first-order valence-corrected chi connectivity index (χ1v) is 7.46. The largest absolute Gasteiger partial charge is 0.324 e. The van der Waals surface area contributed by atoms with Crippen molar-refractivity contribution in [2.45, 2.75) is 32.1 Å². The second kappa shape index (κ2) is 5.57. The summed E-state index contributed by atoms with van der Waals surface area (Å²) in [4.78, 5) is 12.6. The van der Waals surface area contributed by atoms with Crippen molar-refractivity contribution < 1.29 is 4.79 Å². The van der Waals surface area contributed by atoms with E-state index in [1.807, 2.05) is 42.5 Å². The molecule has 3 nitrogen and oxygen atoms in total. The molecule has 3 heteroatoms. The lowest BCUT2D eigenvalue weighted by Crippen LogP contribution is -2.36. The summed E-state index contributed by atoms with van der Waals surface area (Å²) in [6, 6.07) is 16.1. The highest BCUT2D eigenvalue weighted by Gasteiger charge is 2.39. The van der Waals surface area contributed by atoms with E-state index in [0.29, 0.717) is 12.8 Å². The summed E-state index contributed by atoms with van der Waals surface area (Å²) < 4.78 is 0. The van der Waals surface area contributed by atoms with Gasteiger partial charge in [-0.2, -0.15) is 5.26 Å². The van der Waals surface area contributed by atoms with Crippen LogP contribution in [-0.2, 0) is 4.79 Å². The molecule has 0 atom stereocenters. The standard InChI is InChI=1S/C18H18N2O/c19-13-18(11-4-1-5-12-18)17(21)20-16-10-6-8-14-7-2-3-9-15(14)16/h2-3,6-10H,1,4-5,11-12H2,(H,20,21). The van der Waals surface area contributed by atoms with E-state index in [0.717, 1.165) is 35.7 Å². The number of carbonyl (C=O) groups excluding carboxylic acids is 1. The Kier molecular flexibility index (Phi) is 3.62. The molecule has 0 spiro atoms. The molecule has 0 aromatic heterocycles. The van der Waals surface area contributed by atoms with Crippen LogP contribution >= 0.6 is 0 Å². The van der Waals surface area contributed by atoms with Crippen LogP contribution in [0.4, 0.5) is 5.69 Å². The van der Waals surface area contributed by atoms with Gasteiger partial charge in [-0.1, -0.05) is 55.7 Å². The van der Waals surface area contributed by atoms with Crippen LogP contribution in [-0.4, -0.2) is 5.91 Å². The number of fused-ring (bicyclic) bond motifs is 1. The van der Waals surface area contributed by atoms with Crippen molar-refractivity contribution in [3.05, 3.63) is 42.5 Å². The average molecular weight is 278 g/mol. The van der Waals surface area contributed by atoms with E-state index in [1.54, 1.807) is 0 Å². The first-order valence-electron chi connectivity index (χ1n) is 7.46. The smallest absolute Gasteiger partial charge is 0.244 e. The highest BCUT2D eigenvalue weighted by Crippen LogP contribution is 2.37. The van der Waals surface area contributed by atoms with Gasteiger partial charge in [-0.15, -0.1) is 0 Å². The molecule has 106 valence electrons. The van der Waals surface area contributed by atoms with Crippen LogP contribution in [0.5, 0.6) is 0 Å². The van der Waals surface area contributed by atoms with E-state index in [1.165, 1.54) is 0 Å². The van der Waals surface area contributed by atoms with Gasteiger partial charge >= 0.3 is 0 Å². The van der Waals surface area contributed by atoms with E-state index >= 15 is 0 Å². The fourth-order valence-electron chi connectivity index (χ4n) is 3.12.